The zero-order chi connectivity index (χ0) is 17.6. The van der Waals surface area contributed by atoms with Gasteiger partial charge in [0.25, 0.3) is 0 Å². The van der Waals surface area contributed by atoms with Gasteiger partial charge in [0, 0.05) is 6.07 Å². The molecule has 1 rings (SSSR count). The molecule has 128 valence electrons. The Hall–Kier alpha value is -2.33. The summed E-state index contributed by atoms with van der Waals surface area (Å²) < 4.78 is 30.3. The monoisotopic (exact) mass is 347 g/mol. The number of carbonyl (C=O) groups excluding carboxylic acids is 1. The molecule has 1 unspecified atom stereocenters. The van der Waals surface area contributed by atoms with Crippen molar-refractivity contribution in [2.24, 2.45) is 0 Å². The van der Waals surface area contributed by atoms with Gasteiger partial charge in [0.15, 0.2) is 0 Å². The Bertz CT molecular complexity index is 665. The largest absolute Gasteiger partial charge is 0.508 e. The zero-order valence-corrected chi connectivity index (χ0v) is 13.0. The van der Waals surface area contributed by atoms with Gasteiger partial charge in [-0.25, -0.2) is 8.42 Å². The number of hydrogen-bond donors (Lipinski definition) is 4. The highest BCUT2D eigenvalue weighted by molar-refractivity contribution is 7.89. The van der Waals surface area contributed by atoms with Crippen molar-refractivity contribution in [1.29, 1.82) is 0 Å². The van der Waals surface area contributed by atoms with Gasteiger partial charge in [0.05, 0.1) is 18.8 Å². The van der Waals surface area contributed by atoms with Crippen molar-refractivity contribution in [3.05, 3.63) is 23.8 Å². The van der Waals surface area contributed by atoms with Crippen LogP contribution >= 0.6 is 0 Å². The fourth-order valence-corrected chi connectivity index (χ4v) is 2.88. The maximum absolute atomic E-state index is 11.9. The lowest BCUT2D eigenvalue weighted by atomic mass is 10.1. The minimum Gasteiger partial charge on any atom is -0.508 e. The van der Waals surface area contributed by atoms with E-state index in [2.05, 4.69) is 4.74 Å². The molecule has 0 radical (unpaired) electrons. The van der Waals surface area contributed by atoms with Gasteiger partial charge in [-0.3, -0.25) is 9.59 Å². The molecule has 10 heteroatoms. The van der Waals surface area contributed by atoms with E-state index in [1.54, 1.807) is 6.92 Å². The number of nitrogens with one attached hydrogen (secondary N) is 1. The summed E-state index contributed by atoms with van der Waals surface area (Å²) in [6.45, 7) is 1.67. The molecule has 0 bridgehead atoms. The molecule has 0 heterocycles. The lowest BCUT2D eigenvalue weighted by Crippen LogP contribution is -2.35. The summed E-state index contributed by atoms with van der Waals surface area (Å²) in [6, 6.07) is 1.26. The number of rotatable bonds is 8. The van der Waals surface area contributed by atoms with Crippen LogP contribution in [0.2, 0.25) is 0 Å². The van der Waals surface area contributed by atoms with Crippen molar-refractivity contribution < 1.29 is 38.1 Å². The Morgan fingerprint density at radius 3 is 2.26 bits per heavy atom. The summed E-state index contributed by atoms with van der Waals surface area (Å²) in [7, 11) is -4.11. The number of carbonyl (C=O) groups is 2. The molecule has 0 amide bonds. The van der Waals surface area contributed by atoms with Gasteiger partial charge in [-0.05, 0) is 24.6 Å². The number of carboxylic acids is 1. The van der Waals surface area contributed by atoms with E-state index in [-0.39, 0.29) is 12.2 Å². The molecule has 0 saturated carbocycles. The highest BCUT2D eigenvalue weighted by Gasteiger charge is 2.27. The summed E-state index contributed by atoms with van der Waals surface area (Å²) in [5, 5.41) is 27.9. The van der Waals surface area contributed by atoms with Crippen LogP contribution in [0.5, 0.6) is 11.5 Å². The van der Waals surface area contributed by atoms with E-state index in [1.165, 1.54) is 0 Å². The second-order valence-electron chi connectivity index (χ2n) is 4.55. The van der Waals surface area contributed by atoms with Gasteiger partial charge < -0.3 is 20.1 Å². The molecule has 1 atom stereocenters. The summed E-state index contributed by atoms with van der Waals surface area (Å²) in [6.07, 6.45) is -0.430. The Kier molecular flexibility index (Phi) is 6.34. The van der Waals surface area contributed by atoms with Crippen molar-refractivity contribution >= 4 is 22.0 Å². The van der Waals surface area contributed by atoms with Crippen molar-refractivity contribution in [3.63, 3.8) is 0 Å². The SMILES string of the molecule is CCOC(=O)CCS(=O)(=O)NC(C(=O)O)c1cc(O)cc(O)c1. The molecule has 1 aromatic carbocycles. The number of carboxylic acid groups (broad SMARTS) is 1. The van der Waals surface area contributed by atoms with Gasteiger partial charge in [0.1, 0.15) is 17.5 Å². The molecule has 9 nitrogen and oxygen atoms in total. The molecule has 0 aliphatic carbocycles. The zero-order valence-electron chi connectivity index (χ0n) is 12.2. The van der Waals surface area contributed by atoms with Crippen LogP contribution in [-0.2, 0) is 24.3 Å². The topological polar surface area (TPSA) is 150 Å². The van der Waals surface area contributed by atoms with Crippen molar-refractivity contribution in [3.8, 4) is 11.5 Å². The second kappa shape index (κ2) is 7.79. The normalized spacial score (nSPS) is 12.6. The average molecular weight is 347 g/mol. The van der Waals surface area contributed by atoms with Crippen LogP contribution in [0.3, 0.4) is 0 Å². The summed E-state index contributed by atoms with van der Waals surface area (Å²) in [5.41, 5.74) is -0.158. The third-order valence-corrected chi connectivity index (χ3v) is 4.02. The number of sulfonamides is 1. The Labute approximate surface area is 132 Å². The van der Waals surface area contributed by atoms with Crippen LogP contribution in [0, 0.1) is 0 Å². The third kappa shape index (κ3) is 6.12. The Morgan fingerprint density at radius 1 is 1.22 bits per heavy atom. The van der Waals surface area contributed by atoms with E-state index in [9.17, 15) is 28.2 Å². The molecule has 0 saturated heterocycles. The predicted octanol–water partition coefficient (Wildman–Crippen LogP) is 0.0961. The van der Waals surface area contributed by atoms with Crippen LogP contribution in [0.1, 0.15) is 24.9 Å². The third-order valence-electron chi connectivity index (χ3n) is 2.68. The average Bonchev–Trinajstić information content (AvgIpc) is 2.42. The van der Waals surface area contributed by atoms with Crippen LogP contribution in [-0.4, -0.2) is 48.0 Å². The number of aromatic hydroxyl groups is 2. The number of benzene rings is 1. The molecule has 4 N–H and O–H groups in total. The van der Waals surface area contributed by atoms with Crippen LogP contribution in [0.15, 0.2) is 18.2 Å². The van der Waals surface area contributed by atoms with Crippen LogP contribution in [0.4, 0.5) is 0 Å². The van der Waals surface area contributed by atoms with E-state index < -0.39 is 51.7 Å². The quantitative estimate of drug-likeness (QED) is 0.483. The molecule has 0 aromatic heterocycles. The van der Waals surface area contributed by atoms with Crippen LogP contribution < -0.4 is 4.72 Å². The maximum atomic E-state index is 11.9. The standard InChI is InChI=1S/C13H17NO8S/c1-2-22-11(17)3-4-23(20,21)14-12(13(18)19)8-5-9(15)7-10(16)6-8/h5-7,12,14-16H,2-4H2,1H3,(H,18,19). The smallest absolute Gasteiger partial charge is 0.326 e. The number of esters is 1. The highest BCUT2D eigenvalue weighted by atomic mass is 32.2. The summed E-state index contributed by atoms with van der Waals surface area (Å²) >= 11 is 0. The summed E-state index contributed by atoms with van der Waals surface area (Å²) in [4.78, 5) is 22.4. The Balaban J connectivity index is 2.91. The van der Waals surface area contributed by atoms with E-state index in [0.717, 1.165) is 18.2 Å². The van der Waals surface area contributed by atoms with E-state index in [0.29, 0.717) is 0 Å². The fraction of sp³-hybridized carbons (Fsp3) is 0.385. The number of ether oxygens (including phenoxy) is 1. The highest BCUT2D eigenvalue weighted by Crippen LogP contribution is 2.25. The van der Waals surface area contributed by atoms with Gasteiger partial charge in [-0.2, -0.15) is 4.72 Å². The molecule has 0 spiro atoms. The van der Waals surface area contributed by atoms with Crippen molar-refractivity contribution in [2.45, 2.75) is 19.4 Å². The maximum Gasteiger partial charge on any atom is 0.326 e. The first-order valence-corrected chi connectivity index (χ1v) is 8.21. The lowest BCUT2D eigenvalue weighted by molar-refractivity contribution is -0.142. The summed E-state index contributed by atoms with van der Waals surface area (Å²) in [5.74, 6) is -3.75. The van der Waals surface area contributed by atoms with Crippen molar-refractivity contribution in [2.75, 3.05) is 12.4 Å². The first-order valence-electron chi connectivity index (χ1n) is 6.56. The first-order chi connectivity index (χ1) is 10.6. The number of hydrogen-bond acceptors (Lipinski definition) is 7. The van der Waals surface area contributed by atoms with Crippen LogP contribution in [0.25, 0.3) is 0 Å². The van der Waals surface area contributed by atoms with Gasteiger partial charge >= 0.3 is 11.9 Å². The second-order valence-corrected chi connectivity index (χ2v) is 6.42. The molecule has 23 heavy (non-hydrogen) atoms. The van der Waals surface area contributed by atoms with Gasteiger partial charge in [-0.1, -0.05) is 0 Å². The fourth-order valence-electron chi connectivity index (χ4n) is 1.74. The molecule has 0 aliphatic heterocycles. The van der Waals surface area contributed by atoms with E-state index in [1.807, 2.05) is 4.72 Å². The first kappa shape index (κ1) is 18.7. The van der Waals surface area contributed by atoms with E-state index in [4.69, 9.17) is 5.11 Å². The molecular formula is C13H17NO8S. The number of phenolic OH excluding ortho intramolecular Hbond substituents is 2. The molecule has 0 aliphatic rings. The van der Waals surface area contributed by atoms with Gasteiger partial charge in [0.2, 0.25) is 10.0 Å². The lowest BCUT2D eigenvalue weighted by Gasteiger charge is -2.15. The molecular weight excluding hydrogens is 330 g/mol. The molecule has 1 aromatic rings. The number of phenols is 2. The predicted molar refractivity (Wildman–Crippen MR) is 78.3 cm³/mol. The van der Waals surface area contributed by atoms with E-state index >= 15 is 0 Å². The molecule has 0 fully saturated rings. The van der Waals surface area contributed by atoms with Gasteiger partial charge in [-0.15, -0.1) is 0 Å². The minimum absolute atomic E-state index is 0.104. The number of aliphatic carboxylic acids is 1. The Morgan fingerprint density at radius 2 is 1.78 bits per heavy atom. The minimum atomic E-state index is -4.11. The van der Waals surface area contributed by atoms with Crippen molar-refractivity contribution in [1.82, 2.24) is 4.72 Å².